The van der Waals surface area contributed by atoms with Gasteiger partial charge >= 0.3 is 0 Å². The van der Waals surface area contributed by atoms with Crippen LogP contribution in [0.4, 0.5) is 5.69 Å². The van der Waals surface area contributed by atoms with Crippen molar-refractivity contribution < 1.29 is 0 Å². The van der Waals surface area contributed by atoms with Crippen LogP contribution in [0.1, 0.15) is 37.7 Å². The van der Waals surface area contributed by atoms with Gasteiger partial charge in [0.1, 0.15) is 0 Å². The summed E-state index contributed by atoms with van der Waals surface area (Å²) in [5.74, 6) is 0. The monoisotopic (exact) mass is 240 g/mol. The highest BCUT2D eigenvalue weighted by molar-refractivity contribution is 6.02. The first-order valence-corrected chi connectivity index (χ1v) is 6.55. The molecule has 1 heterocycles. The van der Waals surface area contributed by atoms with Gasteiger partial charge in [-0.15, -0.1) is 0 Å². The molecule has 4 nitrogen and oxygen atoms in total. The maximum atomic E-state index is 8.46. The van der Waals surface area contributed by atoms with Gasteiger partial charge in [0.25, 0.3) is 0 Å². The van der Waals surface area contributed by atoms with Crippen LogP contribution in [0.5, 0.6) is 0 Å². The van der Waals surface area contributed by atoms with Crippen LogP contribution in [0.25, 0.3) is 10.4 Å². The SMILES string of the molecule is [N-]=[N+]=NCC[C@]12CCCCC1=Nc1ccccc12. The van der Waals surface area contributed by atoms with Gasteiger partial charge in [-0.1, -0.05) is 29.7 Å². The average Bonchev–Trinajstić information content (AvgIpc) is 2.74. The Morgan fingerprint density at radius 1 is 1.33 bits per heavy atom. The molecule has 1 aromatic rings. The molecule has 0 bridgehead atoms. The number of para-hydroxylation sites is 1. The smallest absolute Gasteiger partial charge is 0.0670 e. The van der Waals surface area contributed by atoms with Crippen molar-refractivity contribution in [2.24, 2.45) is 10.1 Å². The van der Waals surface area contributed by atoms with Crippen molar-refractivity contribution in [3.8, 4) is 0 Å². The van der Waals surface area contributed by atoms with E-state index in [-0.39, 0.29) is 5.41 Å². The number of nitrogens with zero attached hydrogens (tertiary/aromatic N) is 4. The van der Waals surface area contributed by atoms with Crippen molar-refractivity contribution in [1.29, 1.82) is 0 Å². The molecule has 0 N–H and O–H groups in total. The van der Waals surface area contributed by atoms with Crippen LogP contribution in [0.3, 0.4) is 0 Å². The summed E-state index contributed by atoms with van der Waals surface area (Å²) in [6, 6.07) is 8.41. The van der Waals surface area contributed by atoms with Gasteiger partial charge in [0, 0.05) is 22.6 Å². The molecule has 0 saturated heterocycles. The molecule has 0 spiro atoms. The molecular weight excluding hydrogens is 224 g/mol. The molecule has 92 valence electrons. The molecule has 1 saturated carbocycles. The Balaban J connectivity index is 2.01. The molecule has 1 aromatic carbocycles. The number of hydrogen-bond acceptors (Lipinski definition) is 2. The Labute approximate surface area is 106 Å². The lowest BCUT2D eigenvalue weighted by Gasteiger charge is -2.35. The van der Waals surface area contributed by atoms with Gasteiger partial charge in [0.2, 0.25) is 0 Å². The lowest BCUT2D eigenvalue weighted by molar-refractivity contribution is 0.439. The number of aliphatic imine (C=N–C) groups is 1. The third-order valence-electron chi connectivity index (χ3n) is 4.20. The number of benzene rings is 1. The standard InChI is InChI=1S/C14H16N4/c15-18-16-10-9-14-8-4-3-7-13(14)17-12-6-2-1-5-11(12)14/h1-2,5-6H,3-4,7-10H2/t14-/m0/s1. The van der Waals surface area contributed by atoms with E-state index in [0.717, 1.165) is 24.9 Å². The zero-order valence-corrected chi connectivity index (χ0v) is 10.3. The lowest BCUT2D eigenvalue weighted by Crippen LogP contribution is -2.36. The maximum Gasteiger partial charge on any atom is 0.0670 e. The molecule has 1 atom stereocenters. The minimum Gasteiger partial charge on any atom is -0.257 e. The van der Waals surface area contributed by atoms with E-state index in [9.17, 15) is 0 Å². The first kappa shape index (κ1) is 11.3. The number of fused-ring (bicyclic) bond motifs is 3. The van der Waals surface area contributed by atoms with E-state index in [0.29, 0.717) is 6.54 Å². The fourth-order valence-corrected chi connectivity index (χ4v) is 3.37. The quantitative estimate of drug-likeness (QED) is 0.430. The van der Waals surface area contributed by atoms with Gasteiger partial charge in [-0.2, -0.15) is 0 Å². The van der Waals surface area contributed by atoms with Crippen molar-refractivity contribution in [2.75, 3.05) is 6.54 Å². The number of azide groups is 1. The first-order chi connectivity index (χ1) is 8.87. The zero-order chi connectivity index (χ0) is 12.4. The van der Waals surface area contributed by atoms with Crippen LogP contribution in [0.15, 0.2) is 34.4 Å². The first-order valence-electron chi connectivity index (χ1n) is 6.55. The molecule has 0 unspecified atom stereocenters. The highest BCUT2D eigenvalue weighted by Crippen LogP contribution is 2.49. The minimum atomic E-state index is 0.0586. The van der Waals surface area contributed by atoms with Gasteiger partial charge in [0.05, 0.1) is 5.69 Å². The normalized spacial score (nSPS) is 24.8. The molecular formula is C14H16N4. The Hall–Kier alpha value is -1.80. The second-order valence-electron chi connectivity index (χ2n) is 5.07. The summed E-state index contributed by atoms with van der Waals surface area (Å²) in [5, 5.41) is 3.72. The molecule has 4 heteroatoms. The van der Waals surface area contributed by atoms with Gasteiger partial charge in [-0.05, 0) is 42.8 Å². The number of rotatable bonds is 3. The summed E-state index contributed by atoms with van der Waals surface area (Å²) >= 11 is 0. The zero-order valence-electron chi connectivity index (χ0n) is 10.3. The Bertz CT molecular complexity index is 542. The largest absolute Gasteiger partial charge is 0.257 e. The van der Waals surface area contributed by atoms with Crippen LogP contribution >= 0.6 is 0 Å². The van der Waals surface area contributed by atoms with Crippen molar-refractivity contribution in [3.63, 3.8) is 0 Å². The van der Waals surface area contributed by atoms with E-state index in [1.807, 2.05) is 6.07 Å². The van der Waals surface area contributed by atoms with Crippen molar-refractivity contribution >= 4 is 11.4 Å². The second kappa shape index (κ2) is 4.46. The highest BCUT2D eigenvalue weighted by atomic mass is 15.1. The van der Waals surface area contributed by atoms with Gasteiger partial charge in [-0.3, -0.25) is 4.99 Å². The maximum absolute atomic E-state index is 8.46. The fourth-order valence-electron chi connectivity index (χ4n) is 3.37. The summed E-state index contributed by atoms with van der Waals surface area (Å²) in [6.07, 6.45) is 5.60. The second-order valence-corrected chi connectivity index (χ2v) is 5.07. The molecule has 1 fully saturated rings. The van der Waals surface area contributed by atoms with Gasteiger partial charge in [0.15, 0.2) is 0 Å². The third kappa shape index (κ3) is 1.61. The van der Waals surface area contributed by atoms with E-state index in [2.05, 4.69) is 28.2 Å². The van der Waals surface area contributed by atoms with Crippen molar-refractivity contribution in [1.82, 2.24) is 0 Å². The van der Waals surface area contributed by atoms with Crippen LogP contribution < -0.4 is 0 Å². The lowest BCUT2D eigenvalue weighted by atomic mass is 9.67. The molecule has 3 rings (SSSR count). The van der Waals surface area contributed by atoms with Crippen LogP contribution in [-0.2, 0) is 5.41 Å². The molecule has 18 heavy (non-hydrogen) atoms. The molecule has 0 radical (unpaired) electrons. The Morgan fingerprint density at radius 2 is 2.22 bits per heavy atom. The van der Waals surface area contributed by atoms with Crippen LogP contribution in [0, 0.1) is 0 Å². The predicted molar refractivity (Wildman–Crippen MR) is 72.3 cm³/mol. The summed E-state index contributed by atoms with van der Waals surface area (Å²) in [4.78, 5) is 7.68. The molecule has 1 aliphatic carbocycles. The summed E-state index contributed by atoms with van der Waals surface area (Å²) in [7, 11) is 0. The molecule has 0 aromatic heterocycles. The van der Waals surface area contributed by atoms with Crippen LogP contribution in [-0.4, -0.2) is 12.3 Å². The van der Waals surface area contributed by atoms with Crippen molar-refractivity contribution in [2.45, 2.75) is 37.5 Å². The third-order valence-corrected chi connectivity index (χ3v) is 4.20. The van der Waals surface area contributed by atoms with E-state index in [1.54, 1.807) is 0 Å². The number of hydrogen-bond donors (Lipinski definition) is 0. The molecule has 0 amide bonds. The van der Waals surface area contributed by atoms with Gasteiger partial charge in [-0.25, -0.2) is 0 Å². The predicted octanol–water partition coefficient (Wildman–Crippen LogP) is 4.28. The van der Waals surface area contributed by atoms with Gasteiger partial charge < -0.3 is 0 Å². The average molecular weight is 240 g/mol. The van der Waals surface area contributed by atoms with E-state index < -0.39 is 0 Å². The molecule has 1 aliphatic heterocycles. The summed E-state index contributed by atoms with van der Waals surface area (Å²) in [5.41, 5.74) is 12.3. The summed E-state index contributed by atoms with van der Waals surface area (Å²) in [6.45, 7) is 0.559. The minimum absolute atomic E-state index is 0.0586. The van der Waals surface area contributed by atoms with Crippen molar-refractivity contribution in [3.05, 3.63) is 40.3 Å². The van der Waals surface area contributed by atoms with E-state index in [1.165, 1.54) is 24.1 Å². The van der Waals surface area contributed by atoms with Crippen LogP contribution in [0.2, 0.25) is 0 Å². The van der Waals surface area contributed by atoms with E-state index in [4.69, 9.17) is 10.5 Å². The summed E-state index contributed by atoms with van der Waals surface area (Å²) < 4.78 is 0. The molecule has 2 aliphatic rings. The highest BCUT2D eigenvalue weighted by Gasteiger charge is 2.43. The van der Waals surface area contributed by atoms with E-state index >= 15 is 0 Å². The topological polar surface area (TPSA) is 61.1 Å². The fraction of sp³-hybridized carbons (Fsp3) is 0.500. The Morgan fingerprint density at radius 3 is 3.11 bits per heavy atom. The Kier molecular flexibility index (Phi) is 2.80.